The maximum atomic E-state index is 13.0. The Morgan fingerprint density at radius 1 is 1.10 bits per heavy atom. The zero-order valence-corrected chi connectivity index (χ0v) is 20.0. The van der Waals surface area contributed by atoms with Crippen molar-refractivity contribution >= 4 is 37.7 Å². The summed E-state index contributed by atoms with van der Waals surface area (Å²) in [4.78, 5) is 14.4. The zero-order valence-electron chi connectivity index (χ0n) is 17.6. The minimum absolute atomic E-state index is 0.0494. The zero-order chi connectivity index (χ0) is 22.7. The van der Waals surface area contributed by atoms with Crippen molar-refractivity contribution in [1.29, 1.82) is 0 Å². The largest absolute Gasteiger partial charge is 0.336 e. The highest BCUT2D eigenvalue weighted by molar-refractivity contribution is 7.89. The van der Waals surface area contributed by atoms with Crippen LogP contribution in [0.15, 0.2) is 23.1 Å². The molecule has 0 atom stereocenters. The normalized spacial score (nSPS) is 16.4. The van der Waals surface area contributed by atoms with E-state index < -0.39 is 26.1 Å². The van der Waals surface area contributed by atoms with E-state index in [0.29, 0.717) is 13.1 Å². The van der Waals surface area contributed by atoms with Crippen LogP contribution in [-0.4, -0.2) is 81.6 Å². The Kier molecular flexibility index (Phi) is 8.28. The highest BCUT2D eigenvalue weighted by atomic mass is 35.5. The lowest BCUT2D eigenvalue weighted by Gasteiger charge is -2.36. The third-order valence-electron chi connectivity index (χ3n) is 4.75. The monoisotopic (exact) mass is 480 g/mol. The predicted molar refractivity (Wildman–Crippen MR) is 116 cm³/mol. The van der Waals surface area contributed by atoms with Gasteiger partial charge in [-0.25, -0.2) is 13.1 Å². The van der Waals surface area contributed by atoms with Crippen LogP contribution in [0.3, 0.4) is 0 Å². The molecule has 1 heterocycles. The van der Waals surface area contributed by atoms with Gasteiger partial charge in [0.15, 0.2) is 0 Å². The van der Waals surface area contributed by atoms with E-state index in [1.54, 1.807) is 27.7 Å². The number of piperazine rings is 1. The highest BCUT2D eigenvalue weighted by Gasteiger charge is 2.33. The SMILES string of the molecule is CCN(CC)S(=O)(=O)N1CCN(C(=O)c2cc(S(=O)(=O)NC(C)C)ccc2Cl)CC1. The van der Waals surface area contributed by atoms with Gasteiger partial charge in [0.2, 0.25) is 10.0 Å². The van der Waals surface area contributed by atoms with Crippen LogP contribution in [0, 0.1) is 0 Å². The molecule has 1 amide bonds. The molecule has 1 saturated heterocycles. The number of carbonyl (C=O) groups is 1. The van der Waals surface area contributed by atoms with Crippen molar-refractivity contribution in [3.63, 3.8) is 0 Å². The van der Waals surface area contributed by atoms with Gasteiger partial charge < -0.3 is 4.90 Å². The number of nitrogens with one attached hydrogen (secondary N) is 1. The lowest BCUT2D eigenvalue weighted by molar-refractivity contribution is 0.0694. The van der Waals surface area contributed by atoms with Crippen molar-refractivity contribution in [3.05, 3.63) is 28.8 Å². The molecule has 2 rings (SSSR count). The molecule has 1 aromatic carbocycles. The van der Waals surface area contributed by atoms with E-state index in [4.69, 9.17) is 11.6 Å². The third-order valence-corrected chi connectivity index (χ3v) is 8.93. The van der Waals surface area contributed by atoms with Crippen LogP contribution in [0.2, 0.25) is 5.02 Å². The van der Waals surface area contributed by atoms with Gasteiger partial charge in [0, 0.05) is 45.3 Å². The first-order valence-electron chi connectivity index (χ1n) is 9.80. The van der Waals surface area contributed by atoms with Crippen LogP contribution in [0.4, 0.5) is 0 Å². The molecule has 1 N–H and O–H groups in total. The Morgan fingerprint density at radius 3 is 2.17 bits per heavy atom. The van der Waals surface area contributed by atoms with Crippen molar-refractivity contribution in [2.75, 3.05) is 39.3 Å². The number of hydrogen-bond donors (Lipinski definition) is 1. The lowest BCUT2D eigenvalue weighted by Crippen LogP contribution is -2.54. The third kappa shape index (κ3) is 5.51. The van der Waals surface area contributed by atoms with Gasteiger partial charge in [0.1, 0.15) is 0 Å². The Bertz CT molecular complexity index is 970. The van der Waals surface area contributed by atoms with E-state index in [9.17, 15) is 21.6 Å². The van der Waals surface area contributed by atoms with Crippen LogP contribution in [0.1, 0.15) is 38.1 Å². The molecule has 1 fully saturated rings. The molecule has 12 heteroatoms. The number of nitrogens with zero attached hydrogens (tertiary/aromatic N) is 3. The molecule has 0 spiro atoms. The van der Waals surface area contributed by atoms with E-state index in [2.05, 4.69) is 4.72 Å². The van der Waals surface area contributed by atoms with E-state index in [1.165, 1.54) is 31.7 Å². The topological polar surface area (TPSA) is 107 Å². The standard InChI is InChI=1S/C18H29ClN4O5S2/c1-5-22(6-2)30(27,28)23-11-9-21(10-12-23)18(24)16-13-15(7-8-17(16)19)29(25,26)20-14(3)4/h7-8,13-14,20H,5-6,9-12H2,1-4H3. The fraction of sp³-hybridized carbons (Fsp3) is 0.611. The molecule has 1 aliphatic rings. The van der Waals surface area contributed by atoms with Gasteiger partial charge in [-0.05, 0) is 32.0 Å². The number of amides is 1. The van der Waals surface area contributed by atoms with Crippen molar-refractivity contribution in [2.45, 2.75) is 38.6 Å². The van der Waals surface area contributed by atoms with E-state index in [1.807, 2.05) is 0 Å². The van der Waals surface area contributed by atoms with Crippen LogP contribution < -0.4 is 4.72 Å². The molecule has 30 heavy (non-hydrogen) atoms. The van der Waals surface area contributed by atoms with Crippen molar-refractivity contribution in [3.8, 4) is 0 Å². The average molecular weight is 481 g/mol. The highest BCUT2D eigenvalue weighted by Crippen LogP contribution is 2.23. The van der Waals surface area contributed by atoms with Gasteiger partial charge in [0.25, 0.3) is 16.1 Å². The molecule has 0 bridgehead atoms. The lowest BCUT2D eigenvalue weighted by atomic mass is 10.2. The summed E-state index contributed by atoms with van der Waals surface area (Å²) < 4.78 is 55.3. The first kappa shape index (κ1) is 25.0. The van der Waals surface area contributed by atoms with Crippen molar-refractivity contribution in [2.24, 2.45) is 0 Å². The van der Waals surface area contributed by atoms with Crippen molar-refractivity contribution in [1.82, 2.24) is 18.2 Å². The van der Waals surface area contributed by atoms with E-state index in [-0.39, 0.29) is 47.7 Å². The number of halogens is 1. The summed E-state index contributed by atoms with van der Waals surface area (Å²) in [5, 5.41) is 0.140. The molecule has 0 saturated carbocycles. The molecule has 1 aromatic rings. The second-order valence-electron chi connectivity index (χ2n) is 7.20. The summed E-state index contributed by atoms with van der Waals surface area (Å²) in [5.74, 6) is -0.429. The molecule has 0 aromatic heterocycles. The van der Waals surface area contributed by atoms with Crippen molar-refractivity contribution < 1.29 is 21.6 Å². The minimum atomic E-state index is -3.78. The average Bonchev–Trinajstić information content (AvgIpc) is 2.67. The second kappa shape index (κ2) is 9.92. The summed E-state index contributed by atoms with van der Waals surface area (Å²) in [6, 6.07) is 3.68. The Labute approximate surface area is 184 Å². The number of carbonyl (C=O) groups excluding carboxylic acids is 1. The Morgan fingerprint density at radius 2 is 1.67 bits per heavy atom. The van der Waals surface area contributed by atoms with Crippen LogP contribution in [0.25, 0.3) is 0 Å². The van der Waals surface area contributed by atoms with Crippen LogP contribution in [-0.2, 0) is 20.2 Å². The number of rotatable bonds is 8. The van der Waals surface area contributed by atoms with Gasteiger partial charge in [-0.15, -0.1) is 0 Å². The fourth-order valence-electron chi connectivity index (χ4n) is 3.22. The number of hydrogen-bond acceptors (Lipinski definition) is 5. The Hall–Kier alpha value is -1.24. The molecular weight excluding hydrogens is 452 g/mol. The molecule has 0 aliphatic carbocycles. The van der Waals surface area contributed by atoms with Crippen LogP contribution >= 0.6 is 11.6 Å². The molecule has 170 valence electrons. The van der Waals surface area contributed by atoms with Gasteiger partial charge in [-0.2, -0.15) is 17.0 Å². The van der Waals surface area contributed by atoms with Crippen LogP contribution in [0.5, 0.6) is 0 Å². The summed E-state index contributed by atoms with van der Waals surface area (Å²) >= 11 is 6.17. The predicted octanol–water partition coefficient (Wildman–Crippen LogP) is 1.37. The molecule has 0 unspecified atom stereocenters. The van der Waals surface area contributed by atoms with Gasteiger partial charge in [-0.1, -0.05) is 25.4 Å². The smallest absolute Gasteiger partial charge is 0.282 e. The summed E-state index contributed by atoms with van der Waals surface area (Å²) in [6.45, 7) is 8.41. The quantitative estimate of drug-likeness (QED) is 0.604. The summed E-state index contributed by atoms with van der Waals surface area (Å²) in [5.41, 5.74) is 0.0725. The van der Waals surface area contributed by atoms with E-state index in [0.717, 1.165) is 0 Å². The van der Waals surface area contributed by atoms with Gasteiger partial charge in [-0.3, -0.25) is 4.79 Å². The van der Waals surface area contributed by atoms with Gasteiger partial charge >= 0.3 is 0 Å². The molecule has 1 aliphatic heterocycles. The summed E-state index contributed by atoms with van der Waals surface area (Å²) in [7, 11) is -7.35. The van der Waals surface area contributed by atoms with E-state index >= 15 is 0 Å². The van der Waals surface area contributed by atoms with Gasteiger partial charge in [0.05, 0.1) is 15.5 Å². The summed E-state index contributed by atoms with van der Waals surface area (Å²) in [6.07, 6.45) is 0. The number of benzene rings is 1. The second-order valence-corrected chi connectivity index (χ2v) is 11.3. The number of sulfonamides is 1. The maximum absolute atomic E-state index is 13.0. The molecular formula is C18H29ClN4O5S2. The molecule has 9 nitrogen and oxygen atoms in total. The maximum Gasteiger partial charge on any atom is 0.282 e. The Balaban J connectivity index is 2.18. The first-order valence-corrected chi connectivity index (χ1v) is 13.1. The first-order chi connectivity index (χ1) is 13.9. The molecule has 0 radical (unpaired) electrons. The fourth-order valence-corrected chi connectivity index (χ4v) is 6.30. The minimum Gasteiger partial charge on any atom is -0.336 e.